The maximum Gasteiger partial charge on any atom is 0.341 e. The van der Waals surface area contributed by atoms with Crippen LogP contribution in [0.1, 0.15) is 53.9 Å². The van der Waals surface area contributed by atoms with Crippen molar-refractivity contribution in [1.29, 1.82) is 0 Å². The largest absolute Gasteiger partial charge is 0.389 e. The van der Waals surface area contributed by atoms with Crippen LogP contribution in [0.4, 0.5) is 0 Å². The molecule has 0 bridgehead atoms. The SMILES string of the molecule is CCCCC=C(C)C(=O)OC(=O)C(C)(C)C. The molecule has 16 heavy (non-hydrogen) atoms. The summed E-state index contributed by atoms with van der Waals surface area (Å²) in [5.74, 6) is -1.02. The molecule has 3 heteroatoms. The van der Waals surface area contributed by atoms with Crippen LogP contribution in [0, 0.1) is 5.41 Å². The van der Waals surface area contributed by atoms with Gasteiger partial charge in [-0.1, -0.05) is 25.8 Å². The summed E-state index contributed by atoms with van der Waals surface area (Å²) in [6.45, 7) is 8.93. The summed E-state index contributed by atoms with van der Waals surface area (Å²) in [4.78, 5) is 22.9. The summed E-state index contributed by atoms with van der Waals surface area (Å²) in [6, 6.07) is 0. The van der Waals surface area contributed by atoms with Gasteiger partial charge in [0.15, 0.2) is 0 Å². The molecule has 0 fully saturated rings. The van der Waals surface area contributed by atoms with Crippen molar-refractivity contribution in [2.75, 3.05) is 0 Å². The number of hydrogen-bond acceptors (Lipinski definition) is 3. The fourth-order valence-electron chi connectivity index (χ4n) is 0.924. The van der Waals surface area contributed by atoms with Crippen molar-refractivity contribution in [3.05, 3.63) is 11.6 Å². The van der Waals surface area contributed by atoms with Gasteiger partial charge in [0.25, 0.3) is 0 Å². The number of esters is 2. The highest BCUT2D eigenvalue weighted by Crippen LogP contribution is 2.16. The van der Waals surface area contributed by atoms with Crippen LogP contribution >= 0.6 is 0 Å². The Labute approximate surface area is 97.9 Å². The third kappa shape index (κ3) is 5.69. The van der Waals surface area contributed by atoms with Crippen molar-refractivity contribution in [2.24, 2.45) is 5.41 Å². The maximum absolute atomic E-state index is 11.5. The van der Waals surface area contributed by atoms with Crippen LogP contribution in [0.3, 0.4) is 0 Å². The molecular weight excluding hydrogens is 204 g/mol. The molecule has 0 saturated carbocycles. The van der Waals surface area contributed by atoms with Crippen molar-refractivity contribution in [3.63, 3.8) is 0 Å². The topological polar surface area (TPSA) is 43.4 Å². The van der Waals surface area contributed by atoms with E-state index in [0.29, 0.717) is 5.57 Å². The van der Waals surface area contributed by atoms with Crippen LogP contribution in [-0.2, 0) is 14.3 Å². The van der Waals surface area contributed by atoms with Crippen molar-refractivity contribution < 1.29 is 14.3 Å². The summed E-state index contributed by atoms with van der Waals surface area (Å²) in [5, 5.41) is 0. The molecule has 0 aliphatic carbocycles. The highest BCUT2D eigenvalue weighted by atomic mass is 16.6. The second-order valence-corrected chi connectivity index (χ2v) is 4.96. The van der Waals surface area contributed by atoms with Gasteiger partial charge in [0.1, 0.15) is 0 Å². The van der Waals surface area contributed by atoms with Crippen molar-refractivity contribution in [2.45, 2.75) is 53.9 Å². The van der Waals surface area contributed by atoms with Crippen LogP contribution < -0.4 is 0 Å². The third-order valence-corrected chi connectivity index (χ3v) is 2.13. The Morgan fingerprint density at radius 1 is 1.25 bits per heavy atom. The molecule has 0 spiro atoms. The van der Waals surface area contributed by atoms with E-state index in [4.69, 9.17) is 4.74 Å². The van der Waals surface area contributed by atoms with Gasteiger partial charge < -0.3 is 4.74 Å². The number of unbranched alkanes of at least 4 members (excludes halogenated alkanes) is 2. The fourth-order valence-corrected chi connectivity index (χ4v) is 0.924. The van der Waals surface area contributed by atoms with Crippen LogP contribution in [0.15, 0.2) is 11.6 Å². The average molecular weight is 226 g/mol. The highest BCUT2D eigenvalue weighted by Gasteiger charge is 2.25. The summed E-state index contributed by atoms with van der Waals surface area (Å²) in [5.41, 5.74) is -0.134. The smallest absolute Gasteiger partial charge is 0.341 e. The molecule has 3 nitrogen and oxygen atoms in total. The first kappa shape index (κ1) is 14.9. The molecule has 0 aromatic carbocycles. The zero-order chi connectivity index (χ0) is 12.8. The molecule has 92 valence electrons. The number of rotatable bonds is 4. The number of hydrogen-bond donors (Lipinski definition) is 0. The Hall–Kier alpha value is -1.12. The van der Waals surface area contributed by atoms with Crippen LogP contribution in [0.5, 0.6) is 0 Å². The standard InChI is InChI=1S/C13H22O3/c1-6-7-8-9-10(2)11(14)16-12(15)13(3,4)5/h9H,6-8H2,1-5H3. The van der Waals surface area contributed by atoms with Gasteiger partial charge in [-0.25, -0.2) is 4.79 Å². The monoisotopic (exact) mass is 226 g/mol. The lowest BCUT2D eigenvalue weighted by Crippen LogP contribution is -2.26. The van der Waals surface area contributed by atoms with E-state index in [1.807, 2.05) is 6.08 Å². The van der Waals surface area contributed by atoms with E-state index in [2.05, 4.69) is 6.92 Å². The molecule has 0 aromatic rings. The normalized spacial score (nSPS) is 12.4. The van der Waals surface area contributed by atoms with Crippen LogP contribution in [0.2, 0.25) is 0 Å². The summed E-state index contributed by atoms with van der Waals surface area (Å²) in [6.07, 6.45) is 4.79. The second-order valence-electron chi connectivity index (χ2n) is 4.96. The molecule has 0 N–H and O–H groups in total. The van der Waals surface area contributed by atoms with E-state index in [-0.39, 0.29) is 0 Å². The first-order valence-electron chi connectivity index (χ1n) is 5.72. The number of allylic oxidation sites excluding steroid dienone is 1. The van der Waals surface area contributed by atoms with Crippen LogP contribution in [0.25, 0.3) is 0 Å². The molecule has 0 saturated heterocycles. The van der Waals surface area contributed by atoms with E-state index >= 15 is 0 Å². The summed E-state index contributed by atoms with van der Waals surface area (Å²) in [7, 11) is 0. The second kappa shape index (κ2) is 6.46. The zero-order valence-corrected chi connectivity index (χ0v) is 10.9. The number of carbonyl (C=O) groups excluding carboxylic acids is 2. The highest BCUT2D eigenvalue weighted by molar-refractivity contribution is 5.97. The van der Waals surface area contributed by atoms with Gasteiger partial charge in [0.2, 0.25) is 0 Å². The zero-order valence-electron chi connectivity index (χ0n) is 10.9. The van der Waals surface area contributed by atoms with Crippen molar-refractivity contribution in [3.8, 4) is 0 Å². The molecule has 0 unspecified atom stereocenters. The molecule has 0 aliphatic heterocycles. The lowest BCUT2D eigenvalue weighted by molar-refractivity contribution is -0.163. The molecular formula is C13H22O3. The Kier molecular flexibility index (Phi) is 6.01. The van der Waals surface area contributed by atoms with Crippen LogP contribution in [-0.4, -0.2) is 11.9 Å². The molecule has 0 amide bonds. The van der Waals surface area contributed by atoms with Crippen molar-refractivity contribution in [1.82, 2.24) is 0 Å². The number of ether oxygens (including phenoxy) is 1. The molecule has 0 atom stereocenters. The Balaban J connectivity index is 4.26. The minimum Gasteiger partial charge on any atom is -0.389 e. The lowest BCUT2D eigenvalue weighted by Gasteiger charge is -2.15. The van der Waals surface area contributed by atoms with Gasteiger partial charge in [-0.15, -0.1) is 0 Å². The molecule has 0 aromatic heterocycles. The fraction of sp³-hybridized carbons (Fsp3) is 0.692. The van der Waals surface area contributed by atoms with E-state index in [1.165, 1.54) is 0 Å². The Morgan fingerprint density at radius 2 is 1.81 bits per heavy atom. The Morgan fingerprint density at radius 3 is 2.25 bits per heavy atom. The van der Waals surface area contributed by atoms with Gasteiger partial charge in [-0.2, -0.15) is 0 Å². The maximum atomic E-state index is 11.5. The first-order chi connectivity index (χ1) is 7.29. The minimum atomic E-state index is -0.640. The molecule has 0 rings (SSSR count). The summed E-state index contributed by atoms with van der Waals surface area (Å²) >= 11 is 0. The van der Waals surface area contributed by atoms with Gasteiger partial charge in [0, 0.05) is 5.57 Å². The van der Waals surface area contributed by atoms with Gasteiger partial charge >= 0.3 is 11.9 Å². The first-order valence-corrected chi connectivity index (χ1v) is 5.72. The predicted octanol–water partition coefficient (Wildman–Crippen LogP) is 3.24. The third-order valence-electron chi connectivity index (χ3n) is 2.13. The minimum absolute atomic E-state index is 0.485. The Bertz CT molecular complexity index is 282. The van der Waals surface area contributed by atoms with E-state index in [1.54, 1.807) is 27.7 Å². The average Bonchev–Trinajstić information content (AvgIpc) is 2.16. The van der Waals surface area contributed by atoms with E-state index in [0.717, 1.165) is 19.3 Å². The van der Waals surface area contributed by atoms with Gasteiger partial charge in [-0.05, 0) is 34.1 Å². The lowest BCUT2D eigenvalue weighted by atomic mass is 9.97. The predicted molar refractivity (Wildman–Crippen MR) is 63.8 cm³/mol. The molecule has 0 aliphatic rings. The number of carbonyl (C=O) groups is 2. The van der Waals surface area contributed by atoms with E-state index in [9.17, 15) is 9.59 Å². The van der Waals surface area contributed by atoms with Gasteiger partial charge in [0.05, 0.1) is 5.41 Å². The van der Waals surface area contributed by atoms with Crippen molar-refractivity contribution >= 4 is 11.9 Å². The molecule has 0 heterocycles. The quantitative estimate of drug-likeness (QED) is 0.320. The summed E-state index contributed by atoms with van der Waals surface area (Å²) < 4.78 is 4.76. The van der Waals surface area contributed by atoms with E-state index < -0.39 is 17.4 Å². The molecule has 0 radical (unpaired) electrons. The van der Waals surface area contributed by atoms with Gasteiger partial charge in [-0.3, -0.25) is 4.79 Å².